The quantitative estimate of drug-likeness (QED) is 0.831. The molecule has 1 rings (SSSR count). The Morgan fingerprint density at radius 2 is 2.13 bits per heavy atom. The van der Waals surface area contributed by atoms with E-state index in [4.69, 9.17) is 4.74 Å². The van der Waals surface area contributed by atoms with Crippen molar-refractivity contribution in [2.45, 2.75) is 32.8 Å². The Bertz CT molecular complexity index is 334. The van der Waals surface area contributed by atoms with E-state index in [1.165, 1.54) is 12.1 Å². The van der Waals surface area contributed by atoms with Gasteiger partial charge in [-0.25, -0.2) is 4.39 Å². The second kappa shape index (κ2) is 4.62. The Morgan fingerprint density at radius 3 is 2.67 bits per heavy atom. The summed E-state index contributed by atoms with van der Waals surface area (Å²) in [4.78, 5) is 0. The molecular formula is C12H17FO2. The standard InChI is InChI=1S/C12H17FO2/c1-4-12(3,14)8-15-11-6-5-10(13)7-9(11)2/h5-7,14H,4,8H2,1-3H3. The Morgan fingerprint density at radius 1 is 1.47 bits per heavy atom. The molecule has 0 radical (unpaired) electrons. The van der Waals surface area contributed by atoms with E-state index in [9.17, 15) is 9.50 Å². The average Bonchev–Trinajstić information content (AvgIpc) is 2.16. The van der Waals surface area contributed by atoms with Crippen LogP contribution in [0.4, 0.5) is 4.39 Å². The molecule has 0 aromatic heterocycles. The van der Waals surface area contributed by atoms with Gasteiger partial charge in [-0.05, 0) is 44.0 Å². The van der Waals surface area contributed by atoms with Gasteiger partial charge in [-0.2, -0.15) is 0 Å². The maximum atomic E-state index is 12.8. The van der Waals surface area contributed by atoms with Crippen LogP contribution in [0.1, 0.15) is 25.8 Å². The van der Waals surface area contributed by atoms with Gasteiger partial charge in [-0.1, -0.05) is 6.92 Å². The largest absolute Gasteiger partial charge is 0.490 e. The van der Waals surface area contributed by atoms with Gasteiger partial charge in [0, 0.05) is 0 Å². The van der Waals surface area contributed by atoms with E-state index in [2.05, 4.69) is 0 Å². The van der Waals surface area contributed by atoms with Crippen molar-refractivity contribution in [3.63, 3.8) is 0 Å². The Hall–Kier alpha value is -1.09. The molecule has 1 atom stereocenters. The van der Waals surface area contributed by atoms with Gasteiger partial charge in [-0.3, -0.25) is 0 Å². The highest BCUT2D eigenvalue weighted by Gasteiger charge is 2.18. The summed E-state index contributed by atoms with van der Waals surface area (Å²) in [5.74, 6) is 0.340. The van der Waals surface area contributed by atoms with E-state index in [0.717, 1.165) is 5.56 Å². The predicted molar refractivity (Wildman–Crippen MR) is 57.5 cm³/mol. The minimum atomic E-state index is -0.833. The molecule has 0 saturated heterocycles. The van der Waals surface area contributed by atoms with Crippen LogP contribution in [0.15, 0.2) is 18.2 Å². The molecular weight excluding hydrogens is 195 g/mol. The van der Waals surface area contributed by atoms with Crippen LogP contribution >= 0.6 is 0 Å². The van der Waals surface area contributed by atoms with Gasteiger partial charge in [-0.15, -0.1) is 0 Å². The number of aryl methyl sites for hydroxylation is 1. The number of aliphatic hydroxyl groups is 1. The summed E-state index contributed by atoms with van der Waals surface area (Å²) in [6.07, 6.45) is 0.618. The normalized spacial score (nSPS) is 14.7. The summed E-state index contributed by atoms with van der Waals surface area (Å²) in [5, 5.41) is 9.73. The summed E-state index contributed by atoms with van der Waals surface area (Å²) in [7, 11) is 0. The van der Waals surface area contributed by atoms with E-state index < -0.39 is 5.60 Å². The molecule has 0 aliphatic heterocycles. The number of hydrogen-bond donors (Lipinski definition) is 1. The van der Waals surface area contributed by atoms with Crippen LogP contribution < -0.4 is 4.74 Å². The predicted octanol–water partition coefficient (Wildman–Crippen LogP) is 2.67. The van der Waals surface area contributed by atoms with Crippen molar-refractivity contribution in [2.24, 2.45) is 0 Å². The number of hydrogen-bond acceptors (Lipinski definition) is 2. The van der Waals surface area contributed by atoms with Gasteiger partial charge in [0.15, 0.2) is 0 Å². The third-order valence-electron chi connectivity index (χ3n) is 2.44. The summed E-state index contributed by atoms with van der Waals surface area (Å²) in [5.41, 5.74) is -0.0946. The van der Waals surface area contributed by atoms with Gasteiger partial charge in [0.05, 0.1) is 5.60 Å². The van der Waals surface area contributed by atoms with Crippen molar-refractivity contribution in [3.05, 3.63) is 29.6 Å². The first-order chi connectivity index (χ1) is 6.94. The molecule has 0 aliphatic carbocycles. The van der Waals surface area contributed by atoms with Crippen LogP contribution in [0.5, 0.6) is 5.75 Å². The maximum absolute atomic E-state index is 12.8. The third-order valence-corrected chi connectivity index (χ3v) is 2.44. The molecule has 0 aliphatic rings. The number of rotatable bonds is 4. The monoisotopic (exact) mass is 212 g/mol. The van der Waals surface area contributed by atoms with Crippen molar-refractivity contribution in [1.82, 2.24) is 0 Å². The van der Waals surface area contributed by atoms with Gasteiger partial charge in [0.1, 0.15) is 18.2 Å². The molecule has 1 unspecified atom stereocenters. The molecule has 2 nitrogen and oxygen atoms in total. The van der Waals surface area contributed by atoms with Gasteiger partial charge < -0.3 is 9.84 Å². The Balaban J connectivity index is 2.66. The topological polar surface area (TPSA) is 29.5 Å². The fourth-order valence-electron chi connectivity index (χ4n) is 1.11. The lowest BCUT2D eigenvalue weighted by molar-refractivity contribution is 0.00826. The zero-order valence-electron chi connectivity index (χ0n) is 9.38. The smallest absolute Gasteiger partial charge is 0.123 e. The second-order valence-corrected chi connectivity index (χ2v) is 4.05. The molecule has 0 bridgehead atoms. The highest BCUT2D eigenvalue weighted by molar-refractivity contribution is 5.32. The molecule has 1 N–H and O–H groups in total. The highest BCUT2D eigenvalue weighted by Crippen LogP contribution is 2.20. The third kappa shape index (κ3) is 3.51. The number of halogens is 1. The van der Waals surface area contributed by atoms with Crippen LogP contribution in [0.3, 0.4) is 0 Å². The summed E-state index contributed by atoms with van der Waals surface area (Å²) >= 11 is 0. The van der Waals surface area contributed by atoms with E-state index in [1.807, 2.05) is 6.92 Å². The molecule has 0 spiro atoms. The molecule has 15 heavy (non-hydrogen) atoms. The van der Waals surface area contributed by atoms with Crippen LogP contribution in [-0.2, 0) is 0 Å². The zero-order valence-corrected chi connectivity index (χ0v) is 9.38. The molecule has 0 heterocycles. The van der Waals surface area contributed by atoms with E-state index in [0.29, 0.717) is 12.2 Å². The van der Waals surface area contributed by atoms with Crippen molar-refractivity contribution < 1.29 is 14.2 Å². The molecule has 0 amide bonds. The van der Waals surface area contributed by atoms with Crippen molar-refractivity contribution in [1.29, 1.82) is 0 Å². The van der Waals surface area contributed by atoms with Crippen molar-refractivity contribution in [3.8, 4) is 5.75 Å². The summed E-state index contributed by atoms with van der Waals surface area (Å²) in [6.45, 7) is 5.60. The van der Waals surface area contributed by atoms with Gasteiger partial charge in [0.2, 0.25) is 0 Å². The number of ether oxygens (including phenoxy) is 1. The van der Waals surface area contributed by atoms with Crippen LogP contribution in [0.2, 0.25) is 0 Å². The van der Waals surface area contributed by atoms with E-state index >= 15 is 0 Å². The first kappa shape index (κ1) is 12.0. The average molecular weight is 212 g/mol. The molecule has 0 fully saturated rings. The van der Waals surface area contributed by atoms with Crippen LogP contribution in [-0.4, -0.2) is 17.3 Å². The lowest BCUT2D eigenvalue weighted by Crippen LogP contribution is -2.31. The second-order valence-electron chi connectivity index (χ2n) is 4.05. The van der Waals surface area contributed by atoms with E-state index in [1.54, 1.807) is 19.9 Å². The highest BCUT2D eigenvalue weighted by atomic mass is 19.1. The minimum Gasteiger partial charge on any atom is -0.490 e. The van der Waals surface area contributed by atoms with Crippen LogP contribution in [0, 0.1) is 12.7 Å². The van der Waals surface area contributed by atoms with Crippen molar-refractivity contribution in [2.75, 3.05) is 6.61 Å². The maximum Gasteiger partial charge on any atom is 0.123 e. The fourth-order valence-corrected chi connectivity index (χ4v) is 1.11. The van der Waals surface area contributed by atoms with Crippen molar-refractivity contribution >= 4 is 0 Å². The van der Waals surface area contributed by atoms with Gasteiger partial charge in [0.25, 0.3) is 0 Å². The lowest BCUT2D eigenvalue weighted by atomic mass is 10.1. The SMILES string of the molecule is CCC(C)(O)COc1ccc(F)cc1C. The first-order valence-corrected chi connectivity index (χ1v) is 5.06. The molecule has 1 aromatic carbocycles. The molecule has 0 saturated carbocycles. The zero-order chi connectivity index (χ0) is 11.5. The molecule has 3 heteroatoms. The minimum absolute atomic E-state index is 0.218. The lowest BCUT2D eigenvalue weighted by Gasteiger charge is -2.22. The Kier molecular flexibility index (Phi) is 3.69. The fraction of sp³-hybridized carbons (Fsp3) is 0.500. The molecule has 1 aromatic rings. The van der Waals surface area contributed by atoms with Gasteiger partial charge >= 0.3 is 0 Å². The van der Waals surface area contributed by atoms with E-state index in [-0.39, 0.29) is 12.4 Å². The number of benzene rings is 1. The summed E-state index contributed by atoms with van der Waals surface area (Å²) in [6, 6.07) is 4.34. The summed E-state index contributed by atoms with van der Waals surface area (Å²) < 4.78 is 18.2. The first-order valence-electron chi connectivity index (χ1n) is 5.06. The Labute approximate surface area is 89.7 Å². The molecule has 84 valence electrons. The van der Waals surface area contributed by atoms with Crippen LogP contribution in [0.25, 0.3) is 0 Å².